The number of para-hydroxylation sites is 2. The number of urea groups is 2. The summed E-state index contributed by atoms with van der Waals surface area (Å²) >= 11 is 5.99. The van der Waals surface area contributed by atoms with Crippen LogP contribution < -0.4 is 37.2 Å². The third-order valence-electron chi connectivity index (χ3n) is 5.10. The quantitative estimate of drug-likeness (QED) is 0.231. The summed E-state index contributed by atoms with van der Waals surface area (Å²) in [4.78, 5) is 50.4. The van der Waals surface area contributed by atoms with Crippen molar-refractivity contribution in [3.05, 3.63) is 90.0 Å². The van der Waals surface area contributed by atoms with Gasteiger partial charge in [-0.25, -0.2) is 20.4 Å². The number of nitrogens with zero attached hydrogens (tertiary/aromatic N) is 1. The second-order valence-electron chi connectivity index (χ2n) is 7.95. The second-order valence-corrected chi connectivity index (χ2v) is 8.39. The predicted octanol–water partition coefficient (Wildman–Crippen LogP) is 3.63. The molecule has 0 unspecified atom stereocenters. The highest BCUT2D eigenvalue weighted by atomic mass is 35.5. The predicted molar refractivity (Wildman–Crippen MR) is 146 cm³/mol. The molecule has 0 spiro atoms. The molecule has 0 aliphatic heterocycles. The molecule has 0 aliphatic rings. The molecule has 0 saturated carbocycles. The molecule has 0 radical (unpaired) electrons. The summed E-state index contributed by atoms with van der Waals surface area (Å²) in [5.41, 5.74) is 11.2. The number of benzene rings is 3. The number of carbonyl (C=O) groups excluding carboxylic acids is 4. The van der Waals surface area contributed by atoms with Gasteiger partial charge in [0.15, 0.2) is 0 Å². The van der Waals surface area contributed by atoms with Crippen LogP contribution in [-0.4, -0.2) is 37.0 Å². The van der Waals surface area contributed by atoms with Crippen molar-refractivity contribution in [3.8, 4) is 0 Å². The maximum absolute atomic E-state index is 12.3. The number of hydrogen-bond donors (Lipinski definition) is 6. The van der Waals surface area contributed by atoms with Crippen molar-refractivity contribution in [3.63, 3.8) is 0 Å². The third kappa shape index (κ3) is 10.1. The van der Waals surface area contributed by atoms with Crippen molar-refractivity contribution in [1.82, 2.24) is 21.7 Å². The first-order chi connectivity index (χ1) is 18.4. The maximum atomic E-state index is 12.3. The minimum absolute atomic E-state index is 0.0353. The van der Waals surface area contributed by atoms with Gasteiger partial charge in [0.25, 0.3) is 0 Å². The van der Waals surface area contributed by atoms with Gasteiger partial charge in [0.05, 0.1) is 0 Å². The smallest absolute Gasteiger partial charge is 0.337 e. The Morgan fingerprint density at radius 1 is 0.579 bits per heavy atom. The summed E-state index contributed by atoms with van der Waals surface area (Å²) in [7, 11) is 0. The Morgan fingerprint density at radius 3 is 1.42 bits per heavy atom. The summed E-state index contributed by atoms with van der Waals surface area (Å²) in [6, 6.07) is 23.4. The minimum Gasteiger partial charge on any atom is -0.370 e. The highest BCUT2D eigenvalue weighted by Crippen LogP contribution is 2.18. The Balaban J connectivity index is 1.45. The molecule has 38 heavy (non-hydrogen) atoms. The molecular formula is C26H28ClN7O4. The van der Waals surface area contributed by atoms with E-state index < -0.39 is 23.9 Å². The molecule has 0 saturated heterocycles. The first-order valence-corrected chi connectivity index (χ1v) is 12.1. The molecule has 11 nitrogen and oxygen atoms in total. The number of rotatable bonds is 9. The Hall–Kier alpha value is -4.77. The van der Waals surface area contributed by atoms with E-state index in [1.54, 1.807) is 72.8 Å². The van der Waals surface area contributed by atoms with Gasteiger partial charge in [-0.15, -0.1) is 0 Å². The van der Waals surface area contributed by atoms with Crippen LogP contribution in [0.2, 0.25) is 5.02 Å². The largest absolute Gasteiger partial charge is 0.370 e. The lowest BCUT2D eigenvalue weighted by Gasteiger charge is -2.24. The third-order valence-corrected chi connectivity index (χ3v) is 5.36. The SMILES string of the molecule is O=C(CCN(CCC(=O)NNC(=O)Nc1ccccc1)c1ccc(Cl)cc1)NNC(=O)Nc1ccccc1. The van der Waals surface area contributed by atoms with Crippen LogP contribution in [0.3, 0.4) is 0 Å². The van der Waals surface area contributed by atoms with Crippen molar-refractivity contribution in [2.75, 3.05) is 28.6 Å². The number of halogens is 1. The fourth-order valence-electron chi connectivity index (χ4n) is 3.24. The number of amides is 6. The van der Waals surface area contributed by atoms with Crippen LogP contribution in [0.5, 0.6) is 0 Å². The van der Waals surface area contributed by atoms with Gasteiger partial charge in [-0.2, -0.15) is 0 Å². The summed E-state index contributed by atoms with van der Waals surface area (Å²) in [5, 5.41) is 5.73. The lowest BCUT2D eigenvalue weighted by atomic mass is 10.2. The fraction of sp³-hybridized carbons (Fsp3) is 0.154. The van der Waals surface area contributed by atoms with Crippen LogP contribution >= 0.6 is 11.6 Å². The molecule has 198 valence electrons. The lowest BCUT2D eigenvalue weighted by molar-refractivity contribution is -0.122. The van der Waals surface area contributed by atoms with E-state index in [9.17, 15) is 19.2 Å². The molecule has 3 aromatic carbocycles. The molecule has 0 atom stereocenters. The van der Waals surface area contributed by atoms with Gasteiger partial charge in [-0.1, -0.05) is 48.0 Å². The second kappa shape index (κ2) is 14.7. The van der Waals surface area contributed by atoms with Crippen LogP contribution in [0.25, 0.3) is 0 Å². The van der Waals surface area contributed by atoms with Crippen molar-refractivity contribution >= 4 is 52.5 Å². The molecular weight excluding hydrogens is 510 g/mol. The molecule has 12 heteroatoms. The monoisotopic (exact) mass is 537 g/mol. The molecule has 6 amide bonds. The Morgan fingerprint density at radius 2 is 1.00 bits per heavy atom. The van der Waals surface area contributed by atoms with Gasteiger partial charge in [0.1, 0.15) is 0 Å². The first kappa shape index (κ1) is 27.8. The topological polar surface area (TPSA) is 144 Å². The van der Waals surface area contributed by atoms with E-state index in [1.165, 1.54) is 0 Å². The van der Waals surface area contributed by atoms with Gasteiger partial charge >= 0.3 is 12.1 Å². The molecule has 3 aromatic rings. The molecule has 0 heterocycles. The first-order valence-electron chi connectivity index (χ1n) is 11.7. The van der Waals surface area contributed by atoms with Crippen LogP contribution in [0, 0.1) is 0 Å². The number of hydrazine groups is 2. The number of carbonyl (C=O) groups is 4. The standard InChI is InChI=1S/C26H28ClN7O4/c27-19-11-13-22(14-12-19)34(17-15-23(35)30-32-25(37)28-20-7-3-1-4-8-20)18-16-24(36)31-33-26(38)29-21-9-5-2-6-10-21/h1-14H,15-18H2,(H,30,35)(H,31,36)(H2,28,32,37)(H2,29,33,38). The van der Waals surface area contributed by atoms with Gasteiger partial charge < -0.3 is 15.5 Å². The van der Waals surface area contributed by atoms with Crippen LogP contribution in [0.1, 0.15) is 12.8 Å². The average Bonchev–Trinajstić information content (AvgIpc) is 2.92. The molecule has 0 bridgehead atoms. The zero-order chi connectivity index (χ0) is 27.2. The minimum atomic E-state index is -0.584. The summed E-state index contributed by atoms with van der Waals surface area (Å²) < 4.78 is 0. The molecule has 0 fully saturated rings. The van der Waals surface area contributed by atoms with Crippen LogP contribution in [-0.2, 0) is 9.59 Å². The highest BCUT2D eigenvalue weighted by Gasteiger charge is 2.13. The highest BCUT2D eigenvalue weighted by molar-refractivity contribution is 6.30. The molecule has 0 aromatic heterocycles. The molecule has 6 N–H and O–H groups in total. The fourth-order valence-corrected chi connectivity index (χ4v) is 3.37. The Labute approximate surface area is 224 Å². The van der Waals surface area contributed by atoms with Gasteiger partial charge in [-0.3, -0.25) is 20.4 Å². The Kier molecular flexibility index (Phi) is 10.8. The van der Waals surface area contributed by atoms with E-state index in [0.29, 0.717) is 16.4 Å². The summed E-state index contributed by atoms with van der Waals surface area (Å²) in [6.45, 7) is 0.509. The average molecular weight is 538 g/mol. The zero-order valence-corrected chi connectivity index (χ0v) is 21.1. The van der Waals surface area contributed by atoms with Crippen molar-refractivity contribution in [2.24, 2.45) is 0 Å². The van der Waals surface area contributed by atoms with Gasteiger partial charge in [-0.05, 0) is 48.5 Å². The van der Waals surface area contributed by atoms with E-state index in [1.807, 2.05) is 17.0 Å². The van der Waals surface area contributed by atoms with E-state index in [4.69, 9.17) is 11.6 Å². The Bertz CT molecular complexity index is 1140. The van der Waals surface area contributed by atoms with E-state index in [2.05, 4.69) is 32.3 Å². The van der Waals surface area contributed by atoms with Crippen molar-refractivity contribution < 1.29 is 19.2 Å². The molecule has 0 aliphatic carbocycles. The van der Waals surface area contributed by atoms with Crippen molar-refractivity contribution in [1.29, 1.82) is 0 Å². The number of anilines is 3. The van der Waals surface area contributed by atoms with Gasteiger partial charge in [0, 0.05) is 48.0 Å². The number of nitrogens with one attached hydrogen (secondary N) is 6. The summed E-state index contributed by atoms with van der Waals surface area (Å²) in [5.74, 6) is -0.841. The van der Waals surface area contributed by atoms with E-state index in [0.717, 1.165) is 5.69 Å². The van der Waals surface area contributed by atoms with E-state index in [-0.39, 0.29) is 25.9 Å². The van der Waals surface area contributed by atoms with Crippen LogP contribution in [0.15, 0.2) is 84.9 Å². The van der Waals surface area contributed by atoms with Crippen LogP contribution in [0.4, 0.5) is 26.7 Å². The van der Waals surface area contributed by atoms with Gasteiger partial charge in [0.2, 0.25) is 11.8 Å². The van der Waals surface area contributed by atoms with E-state index >= 15 is 0 Å². The maximum Gasteiger partial charge on any atom is 0.337 e. The zero-order valence-electron chi connectivity index (χ0n) is 20.4. The molecule has 3 rings (SSSR count). The van der Waals surface area contributed by atoms with Crippen molar-refractivity contribution in [2.45, 2.75) is 12.8 Å². The lowest BCUT2D eigenvalue weighted by Crippen LogP contribution is -2.46. The number of hydrogen-bond acceptors (Lipinski definition) is 5. The normalized spacial score (nSPS) is 10.0. The summed E-state index contributed by atoms with van der Waals surface area (Å²) in [6.07, 6.45) is 0.0706.